The van der Waals surface area contributed by atoms with Gasteiger partial charge in [0.05, 0.1) is 6.61 Å². The Kier molecular flexibility index (Phi) is 3.07. The molecular formula is C5H10INO. The van der Waals surface area contributed by atoms with Crippen molar-refractivity contribution in [1.82, 2.24) is 5.32 Å². The number of nitrogens with one attached hydrogen (secondary N) is 1. The fraction of sp³-hybridized carbons (Fsp3) is 1.00. The SMILES string of the molecule is IOCC1CCCN1. The molecule has 1 atom stereocenters. The van der Waals surface area contributed by atoms with Crippen molar-refractivity contribution in [1.29, 1.82) is 0 Å². The first-order chi connectivity index (χ1) is 3.93. The molecule has 0 aromatic rings. The normalized spacial score (nSPS) is 28.9. The molecule has 1 heterocycles. The van der Waals surface area contributed by atoms with Gasteiger partial charge in [-0.2, -0.15) is 0 Å². The Hall–Kier alpha value is 0.650. The Morgan fingerprint density at radius 1 is 1.75 bits per heavy atom. The molecule has 1 saturated heterocycles. The van der Waals surface area contributed by atoms with E-state index in [0.29, 0.717) is 6.04 Å². The zero-order valence-corrected chi connectivity index (χ0v) is 6.85. The molecule has 0 aromatic heterocycles. The van der Waals surface area contributed by atoms with Gasteiger partial charge in [-0.3, -0.25) is 0 Å². The highest BCUT2D eigenvalue weighted by Gasteiger charge is 2.12. The van der Waals surface area contributed by atoms with Gasteiger partial charge in [0.1, 0.15) is 23.0 Å². The highest BCUT2D eigenvalue weighted by atomic mass is 127. The van der Waals surface area contributed by atoms with E-state index in [1.54, 1.807) is 0 Å². The van der Waals surface area contributed by atoms with E-state index in [9.17, 15) is 0 Å². The van der Waals surface area contributed by atoms with Crippen LogP contribution >= 0.6 is 23.0 Å². The van der Waals surface area contributed by atoms with Crippen molar-refractivity contribution in [2.75, 3.05) is 13.2 Å². The monoisotopic (exact) mass is 227 g/mol. The van der Waals surface area contributed by atoms with Crippen LogP contribution in [0.5, 0.6) is 0 Å². The smallest absolute Gasteiger partial charge is 0.109 e. The predicted octanol–water partition coefficient (Wildman–Crippen LogP) is 1.10. The van der Waals surface area contributed by atoms with Crippen LogP contribution in [0.4, 0.5) is 0 Å². The average Bonchev–Trinajstić information content (AvgIpc) is 2.19. The van der Waals surface area contributed by atoms with Gasteiger partial charge in [-0.1, -0.05) is 0 Å². The Labute approximate surface area is 63.7 Å². The first-order valence-electron chi connectivity index (χ1n) is 2.90. The molecule has 8 heavy (non-hydrogen) atoms. The van der Waals surface area contributed by atoms with Gasteiger partial charge < -0.3 is 8.38 Å². The molecule has 1 fully saturated rings. The maximum atomic E-state index is 4.93. The van der Waals surface area contributed by atoms with Crippen molar-refractivity contribution >= 4 is 23.0 Å². The van der Waals surface area contributed by atoms with Crippen LogP contribution in [0.15, 0.2) is 0 Å². The van der Waals surface area contributed by atoms with Crippen molar-refractivity contribution in [2.45, 2.75) is 18.9 Å². The molecule has 0 saturated carbocycles. The van der Waals surface area contributed by atoms with Crippen LogP contribution in [-0.2, 0) is 3.07 Å². The van der Waals surface area contributed by atoms with Gasteiger partial charge in [0.2, 0.25) is 0 Å². The van der Waals surface area contributed by atoms with Crippen LogP contribution in [0.25, 0.3) is 0 Å². The summed E-state index contributed by atoms with van der Waals surface area (Å²) in [5.74, 6) is 0. The van der Waals surface area contributed by atoms with Crippen LogP contribution in [0, 0.1) is 0 Å². The quantitative estimate of drug-likeness (QED) is 0.713. The minimum Gasteiger partial charge on any atom is -0.314 e. The van der Waals surface area contributed by atoms with E-state index in [1.807, 2.05) is 23.0 Å². The van der Waals surface area contributed by atoms with Gasteiger partial charge in [-0.15, -0.1) is 0 Å². The molecule has 3 heteroatoms. The molecule has 0 aromatic carbocycles. The molecule has 0 radical (unpaired) electrons. The highest BCUT2D eigenvalue weighted by Crippen LogP contribution is 2.05. The molecule has 2 nitrogen and oxygen atoms in total. The largest absolute Gasteiger partial charge is 0.314 e. The van der Waals surface area contributed by atoms with E-state index in [4.69, 9.17) is 3.07 Å². The molecule has 0 amide bonds. The lowest BCUT2D eigenvalue weighted by molar-refractivity contribution is 0.360. The molecule has 0 spiro atoms. The number of hydrogen-bond donors (Lipinski definition) is 1. The second kappa shape index (κ2) is 3.63. The molecule has 48 valence electrons. The van der Waals surface area contributed by atoms with Crippen LogP contribution in [0.2, 0.25) is 0 Å². The molecule has 0 bridgehead atoms. The summed E-state index contributed by atoms with van der Waals surface area (Å²) >= 11 is 1.94. The first kappa shape index (κ1) is 6.77. The van der Waals surface area contributed by atoms with Crippen LogP contribution in [-0.4, -0.2) is 19.2 Å². The highest BCUT2D eigenvalue weighted by molar-refractivity contribution is 14.1. The third-order valence-electron chi connectivity index (χ3n) is 1.43. The summed E-state index contributed by atoms with van der Waals surface area (Å²) in [6.07, 6.45) is 2.59. The van der Waals surface area contributed by atoms with Gasteiger partial charge in [-0.25, -0.2) is 0 Å². The predicted molar refractivity (Wildman–Crippen MR) is 41.0 cm³/mol. The first-order valence-corrected chi connectivity index (χ1v) is 3.78. The van der Waals surface area contributed by atoms with Crippen molar-refractivity contribution in [3.8, 4) is 0 Å². The molecule has 1 aliphatic rings. The van der Waals surface area contributed by atoms with Crippen molar-refractivity contribution in [2.24, 2.45) is 0 Å². The summed E-state index contributed by atoms with van der Waals surface area (Å²) in [7, 11) is 0. The number of rotatable bonds is 2. The fourth-order valence-corrected chi connectivity index (χ4v) is 1.41. The second-order valence-electron chi connectivity index (χ2n) is 2.07. The molecule has 1 unspecified atom stereocenters. The van der Waals surface area contributed by atoms with Gasteiger partial charge >= 0.3 is 0 Å². The van der Waals surface area contributed by atoms with Crippen LogP contribution in [0.1, 0.15) is 12.8 Å². The fourth-order valence-electron chi connectivity index (χ4n) is 0.975. The second-order valence-corrected chi connectivity index (χ2v) is 2.69. The van der Waals surface area contributed by atoms with Gasteiger partial charge in [0.25, 0.3) is 0 Å². The van der Waals surface area contributed by atoms with Crippen LogP contribution in [0.3, 0.4) is 0 Å². The van der Waals surface area contributed by atoms with Gasteiger partial charge in [-0.05, 0) is 19.4 Å². The lowest BCUT2D eigenvalue weighted by Gasteiger charge is -2.04. The molecule has 1 rings (SSSR count). The lowest BCUT2D eigenvalue weighted by atomic mass is 10.2. The van der Waals surface area contributed by atoms with Crippen molar-refractivity contribution in [3.63, 3.8) is 0 Å². The summed E-state index contributed by atoms with van der Waals surface area (Å²) in [6.45, 7) is 2.03. The van der Waals surface area contributed by atoms with E-state index < -0.39 is 0 Å². The Balaban J connectivity index is 2.06. The molecule has 0 aliphatic carbocycles. The average molecular weight is 227 g/mol. The Morgan fingerprint density at radius 2 is 2.62 bits per heavy atom. The van der Waals surface area contributed by atoms with E-state index >= 15 is 0 Å². The topological polar surface area (TPSA) is 21.3 Å². The summed E-state index contributed by atoms with van der Waals surface area (Å²) in [5.41, 5.74) is 0. The van der Waals surface area contributed by atoms with Crippen molar-refractivity contribution in [3.05, 3.63) is 0 Å². The maximum Gasteiger partial charge on any atom is 0.109 e. The summed E-state index contributed by atoms with van der Waals surface area (Å²) in [6, 6.07) is 0.631. The van der Waals surface area contributed by atoms with E-state index in [2.05, 4.69) is 5.32 Å². The third-order valence-corrected chi connectivity index (χ3v) is 1.79. The van der Waals surface area contributed by atoms with Crippen LogP contribution < -0.4 is 5.32 Å². The maximum absolute atomic E-state index is 4.93. The number of halogens is 1. The standard InChI is InChI=1S/C5H10INO/c6-8-4-5-2-1-3-7-5/h5,7H,1-4H2. The minimum absolute atomic E-state index is 0.631. The zero-order valence-electron chi connectivity index (χ0n) is 4.69. The van der Waals surface area contributed by atoms with Gasteiger partial charge in [0.15, 0.2) is 0 Å². The molecular weight excluding hydrogens is 217 g/mol. The summed E-state index contributed by atoms with van der Waals surface area (Å²) in [4.78, 5) is 0. The Morgan fingerprint density at radius 3 is 3.12 bits per heavy atom. The number of hydrogen-bond acceptors (Lipinski definition) is 2. The summed E-state index contributed by atoms with van der Waals surface area (Å²) in [5, 5.41) is 3.33. The zero-order chi connectivity index (χ0) is 5.82. The molecule has 1 N–H and O–H groups in total. The third kappa shape index (κ3) is 1.87. The summed E-state index contributed by atoms with van der Waals surface area (Å²) < 4.78 is 4.93. The molecule has 1 aliphatic heterocycles. The van der Waals surface area contributed by atoms with E-state index in [0.717, 1.165) is 6.61 Å². The Bertz CT molecular complexity index is 63.4. The minimum atomic E-state index is 0.631. The van der Waals surface area contributed by atoms with E-state index in [-0.39, 0.29) is 0 Å². The van der Waals surface area contributed by atoms with Gasteiger partial charge in [0, 0.05) is 6.04 Å². The lowest BCUT2D eigenvalue weighted by Crippen LogP contribution is -2.24. The van der Waals surface area contributed by atoms with E-state index in [1.165, 1.54) is 19.4 Å². The van der Waals surface area contributed by atoms with Crippen molar-refractivity contribution < 1.29 is 3.07 Å².